The summed E-state index contributed by atoms with van der Waals surface area (Å²) in [5.41, 5.74) is 25.4. The summed E-state index contributed by atoms with van der Waals surface area (Å²) in [5, 5.41) is 1.71. The van der Waals surface area contributed by atoms with E-state index in [1.165, 1.54) is 0 Å². The van der Waals surface area contributed by atoms with Gasteiger partial charge < -0.3 is 22.9 Å². The first-order valence-corrected chi connectivity index (χ1v) is 8.69. The number of aromatic nitrogens is 8. The van der Waals surface area contributed by atoms with Gasteiger partial charge in [-0.1, -0.05) is 12.1 Å². The van der Waals surface area contributed by atoms with E-state index in [-0.39, 0.29) is 23.8 Å². The van der Waals surface area contributed by atoms with E-state index in [2.05, 4.69) is 39.9 Å². The molecular weight excluding hydrogens is 384 g/mol. The molecule has 8 N–H and O–H groups in total. The van der Waals surface area contributed by atoms with Gasteiger partial charge in [0, 0.05) is 34.3 Å². The van der Waals surface area contributed by atoms with Crippen LogP contribution in [0.25, 0.3) is 44.6 Å². The summed E-state index contributed by atoms with van der Waals surface area (Å²) in [6.45, 7) is 0. The average Bonchev–Trinajstić information content (AvgIpc) is 2.71. The maximum absolute atomic E-state index is 5.66. The molecule has 4 aromatic heterocycles. The number of nitrogen functional groups attached to an aromatic ring is 4. The highest BCUT2D eigenvalue weighted by atomic mass is 15.1. The van der Waals surface area contributed by atoms with Crippen LogP contribution in [0.5, 0.6) is 0 Å². The van der Waals surface area contributed by atoms with Crippen molar-refractivity contribution in [3.8, 4) is 22.8 Å². The fraction of sp³-hybridized carbons (Fsp3) is 0. The minimum Gasteiger partial charge on any atom is -0.368 e. The second kappa shape index (κ2) is 6.41. The Morgan fingerprint density at radius 3 is 1.23 bits per heavy atom. The topological polar surface area (TPSA) is 207 Å². The molecule has 0 aliphatic carbocycles. The number of benzene rings is 1. The number of fused-ring (bicyclic) bond motifs is 3. The Morgan fingerprint density at radius 1 is 0.500 bits per heavy atom. The fourth-order valence-electron chi connectivity index (χ4n) is 3.11. The number of hydrogen-bond acceptors (Lipinski definition) is 12. The molecule has 0 aliphatic rings. The Hall–Kier alpha value is -4.74. The summed E-state index contributed by atoms with van der Waals surface area (Å²) >= 11 is 0. The lowest BCUT2D eigenvalue weighted by atomic mass is 10.1. The van der Waals surface area contributed by atoms with Crippen LogP contribution >= 0.6 is 0 Å². The molecule has 0 aliphatic heterocycles. The van der Waals surface area contributed by atoms with E-state index < -0.39 is 0 Å². The summed E-state index contributed by atoms with van der Waals surface area (Å²) < 4.78 is 0. The van der Waals surface area contributed by atoms with E-state index in [4.69, 9.17) is 22.9 Å². The lowest BCUT2D eigenvalue weighted by molar-refractivity contribution is 1.08. The molecule has 30 heavy (non-hydrogen) atoms. The summed E-state index contributed by atoms with van der Waals surface area (Å²) in [5.74, 6) is 0.885. The molecule has 4 heterocycles. The van der Waals surface area contributed by atoms with E-state index >= 15 is 0 Å². The minimum absolute atomic E-state index is 0.0462. The number of rotatable bonds is 2. The Balaban J connectivity index is 1.63. The molecule has 0 amide bonds. The highest BCUT2D eigenvalue weighted by Gasteiger charge is 2.11. The first-order chi connectivity index (χ1) is 14.5. The standard InChI is InChI=1S/C18H14N12/c19-15-25-13(26-16(20)29-15)9-3-7-1-2-8-4-10(6-24-12(8)11(7)23-5-9)14-27-17(21)30-18(22)28-14/h1-6H,(H4,19,20,25,26,29)(H4,21,22,27,28,30). The van der Waals surface area contributed by atoms with E-state index in [1.807, 2.05) is 24.3 Å². The average molecular weight is 398 g/mol. The Kier molecular flexibility index (Phi) is 3.71. The van der Waals surface area contributed by atoms with Gasteiger partial charge >= 0.3 is 0 Å². The second-order valence-electron chi connectivity index (χ2n) is 6.41. The molecule has 12 nitrogen and oxygen atoms in total. The molecule has 1 aromatic carbocycles. The Bertz CT molecular complexity index is 1300. The van der Waals surface area contributed by atoms with Gasteiger partial charge in [0.25, 0.3) is 0 Å². The van der Waals surface area contributed by atoms with Crippen molar-refractivity contribution in [3.05, 3.63) is 36.7 Å². The lowest BCUT2D eigenvalue weighted by Crippen LogP contribution is -2.04. The molecule has 146 valence electrons. The van der Waals surface area contributed by atoms with Crippen molar-refractivity contribution in [2.75, 3.05) is 22.9 Å². The molecular formula is C18H14N12. The van der Waals surface area contributed by atoms with E-state index in [9.17, 15) is 0 Å². The maximum Gasteiger partial charge on any atom is 0.225 e. The molecule has 12 heteroatoms. The van der Waals surface area contributed by atoms with Crippen LogP contribution in [0.15, 0.2) is 36.7 Å². The van der Waals surface area contributed by atoms with Crippen LogP contribution < -0.4 is 22.9 Å². The minimum atomic E-state index is 0.0462. The third-order valence-corrected chi connectivity index (χ3v) is 4.36. The number of nitrogens with two attached hydrogens (primary N) is 4. The maximum atomic E-state index is 5.66. The van der Waals surface area contributed by atoms with Crippen molar-refractivity contribution >= 4 is 45.6 Å². The van der Waals surface area contributed by atoms with Crippen molar-refractivity contribution < 1.29 is 0 Å². The lowest BCUT2D eigenvalue weighted by Gasteiger charge is -2.07. The number of hydrogen-bond donors (Lipinski definition) is 4. The van der Waals surface area contributed by atoms with Crippen molar-refractivity contribution in [1.82, 2.24) is 39.9 Å². The number of nitrogens with zero attached hydrogens (tertiary/aromatic N) is 8. The molecule has 0 bridgehead atoms. The molecule has 0 fully saturated rings. The number of anilines is 4. The number of pyridine rings is 2. The zero-order valence-electron chi connectivity index (χ0n) is 15.4. The fourth-order valence-corrected chi connectivity index (χ4v) is 3.11. The summed E-state index contributed by atoms with van der Waals surface area (Å²) in [7, 11) is 0. The van der Waals surface area contributed by atoms with E-state index in [0.29, 0.717) is 33.8 Å². The van der Waals surface area contributed by atoms with Crippen molar-refractivity contribution in [1.29, 1.82) is 0 Å². The highest BCUT2D eigenvalue weighted by molar-refractivity contribution is 6.04. The van der Waals surface area contributed by atoms with Crippen LogP contribution in [-0.4, -0.2) is 39.9 Å². The first kappa shape index (κ1) is 17.4. The highest BCUT2D eigenvalue weighted by Crippen LogP contribution is 2.28. The van der Waals surface area contributed by atoms with Gasteiger partial charge in [-0.15, -0.1) is 0 Å². The molecule has 0 saturated heterocycles. The molecule has 0 saturated carbocycles. The molecule has 0 unspecified atom stereocenters. The van der Waals surface area contributed by atoms with Gasteiger partial charge in [-0.25, -0.2) is 0 Å². The Labute approximate surface area is 168 Å². The van der Waals surface area contributed by atoms with Gasteiger partial charge in [0.05, 0.1) is 11.0 Å². The summed E-state index contributed by atoms with van der Waals surface area (Å²) in [4.78, 5) is 33.1. The summed E-state index contributed by atoms with van der Waals surface area (Å²) in [6, 6.07) is 7.62. The van der Waals surface area contributed by atoms with E-state index in [0.717, 1.165) is 10.8 Å². The van der Waals surface area contributed by atoms with Gasteiger partial charge in [-0.3, -0.25) is 9.97 Å². The van der Waals surface area contributed by atoms with Crippen LogP contribution in [0.2, 0.25) is 0 Å². The van der Waals surface area contributed by atoms with Crippen LogP contribution in [0.3, 0.4) is 0 Å². The van der Waals surface area contributed by atoms with Gasteiger partial charge in [0.1, 0.15) is 0 Å². The zero-order chi connectivity index (χ0) is 20.8. The quantitative estimate of drug-likeness (QED) is 0.305. The molecule has 5 aromatic rings. The van der Waals surface area contributed by atoms with Crippen LogP contribution in [0.4, 0.5) is 23.8 Å². The van der Waals surface area contributed by atoms with Gasteiger partial charge in [0.2, 0.25) is 23.8 Å². The van der Waals surface area contributed by atoms with Crippen LogP contribution in [0.1, 0.15) is 0 Å². The first-order valence-electron chi connectivity index (χ1n) is 8.69. The van der Waals surface area contributed by atoms with Crippen molar-refractivity contribution in [2.45, 2.75) is 0 Å². The predicted molar refractivity (Wildman–Crippen MR) is 112 cm³/mol. The van der Waals surface area contributed by atoms with Gasteiger partial charge in [-0.2, -0.15) is 29.9 Å². The summed E-state index contributed by atoms with van der Waals surface area (Å²) in [6.07, 6.45) is 3.28. The van der Waals surface area contributed by atoms with Crippen LogP contribution in [0, 0.1) is 0 Å². The van der Waals surface area contributed by atoms with Crippen LogP contribution in [-0.2, 0) is 0 Å². The van der Waals surface area contributed by atoms with E-state index in [1.54, 1.807) is 12.4 Å². The van der Waals surface area contributed by atoms with Crippen molar-refractivity contribution in [3.63, 3.8) is 0 Å². The normalized spacial score (nSPS) is 11.2. The third-order valence-electron chi connectivity index (χ3n) is 4.36. The monoisotopic (exact) mass is 398 g/mol. The SMILES string of the molecule is Nc1nc(N)nc(-c2cnc3c(ccc4cc(-c5nc(N)nc(N)n5)cnc43)c2)n1. The molecule has 5 rings (SSSR count). The smallest absolute Gasteiger partial charge is 0.225 e. The second-order valence-corrected chi connectivity index (χ2v) is 6.41. The molecule has 0 atom stereocenters. The zero-order valence-corrected chi connectivity index (χ0v) is 15.4. The predicted octanol–water partition coefficient (Wildman–Crippen LogP) is 0.816. The van der Waals surface area contributed by atoms with Gasteiger partial charge in [0.15, 0.2) is 11.6 Å². The van der Waals surface area contributed by atoms with Crippen molar-refractivity contribution in [2.24, 2.45) is 0 Å². The molecule has 0 radical (unpaired) electrons. The van der Waals surface area contributed by atoms with Gasteiger partial charge in [-0.05, 0) is 12.1 Å². The largest absolute Gasteiger partial charge is 0.368 e. The third kappa shape index (κ3) is 2.97. The Morgan fingerprint density at radius 2 is 0.867 bits per heavy atom. The molecule has 0 spiro atoms.